The zero-order valence-corrected chi connectivity index (χ0v) is 12.5. The third kappa shape index (κ3) is 2.76. The van der Waals surface area contributed by atoms with Gasteiger partial charge in [-0.05, 0) is 23.7 Å². The summed E-state index contributed by atoms with van der Waals surface area (Å²) in [4.78, 5) is 16.4. The number of furan rings is 1. The number of rotatable bonds is 5. The van der Waals surface area contributed by atoms with Crippen molar-refractivity contribution in [3.05, 3.63) is 41.9 Å². The van der Waals surface area contributed by atoms with Crippen molar-refractivity contribution in [2.45, 2.75) is 17.7 Å². The minimum Gasteiger partial charge on any atom is -0.453 e. The molecule has 3 aromatic rings. The number of para-hydroxylation sites is 1. The maximum atomic E-state index is 12.1. The first kappa shape index (κ1) is 13.3. The molecule has 2 heterocycles. The largest absolute Gasteiger partial charge is 0.453 e. The highest BCUT2D eigenvalue weighted by Crippen LogP contribution is 2.24. The molecule has 20 heavy (non-hydrogen) atoms. The summed E-state index contributed by atoms with van der Waals surface area (Å²) in [6, 6.07) is 9.39. The number of ketones is 1. The van der Waals surface area contributed by atoms with Gasteiger partial charge in [0.25, 0.3) is 0 Å². The van der Waals surface area contributed by atoms with E-state index in [9.17, 15) is 4.79 Å². The molecule has 0 saturated heterocycles. The number of aromatic nitrogens is 2. The molecule has 0 saturated carbocycles. The van der Waals surface area contributed by atoms with Gasteiger partial charge in [-0.15, -0.1) is 0 Å². The molecule has 0 spiro atoms. The fraction of sp³-hybridized carbons (Fsp3) is 0.214. The minimum atomic E-state index is -0.0283. The van der Waals surface area contributed by atoms with Gasteiger partial charge in [-0.2, -0.15) is 4.37 Å². The molecule has 4 nitrogen and oxygen atoms in total. The molecule has 0 N–H and O–H groups in total. The summed E-state index contributed by atoms with van der Waals surface area (Å²) in [5, 5.41) is 0.949. The van der Waals surface area contributed by atoms with Gasteiger partial charge in [-0.3, -0.25) is 4.79 Å². The highest BCUT2D eigenvalue weighted by Gasteiger charge is 2.14. The molecule has 0 aliphatic heterocycles. The number of fused-ring (bicyclic) bond motifs is 1. The molecular formula is C14H12N2O2S2. The fourth-order valence-electron chi connectivity index (χ4n) is 1.76. The summed E-state index contributed by atoms with van der Waals surface area (Å²) in [7, 11) is 0. The summed E-state index contributed by atoms with van der Waals surface area (Å²) in [6.07, 6.45) is 0.814. The van der Waals surface area contributed by atoms with Gasteiger partial charge in [0.2, 0.25) is 5.78 Å². The first-order chi connectivity index (χ1) is 9.76. The van der Waals surface area contributed by atoms with Crippen molar-refractivity contribution in [1.29, 1.82) is 0 Å². The van der Waals surface area contributed by atoms with Crippen LogP contribution in [-0.4, -0.2) is 20.9 Å². The highest BCUT2D eigenvalue weighted by molar-refractivity contribution is 8.01. The molecule has 0 aliphatic rings. The smallest absolute Gasteiger partial charge is 0.208 e. The Morgan fingerprint density at radius 1 is 1.40 bits per heavy atom. The maximum absolute atomic E-state index is 12.1. The molecule has 0 amide bonds. The third-order valence-electron chi connectivity index (χ3n) is 2.79. The lowest BCUT2D eigenvalue weighted by molar-refractivity contribution is 0.0994. The lowest BCUT2D eigenvalue weighted by Gasteiger charge is -1.94. The summed E-state index contributed by atoms with van der Waals surface area (Å²) in [5.74, 6) is 1.52. The van der Waals surface area contributed by atoms with Gasteiger partial charge >= 0.3 is 0 Å². The second-order valence-electron chi connectivity index (χ2n) is 4.19. The van der Waals surface area contributed by atoms with Crippen LogP contribution in [0, 0.1) is 0 Å². The Balaban J connectivity index is 1.69. The first-order valence-corrected chi connectivity index (χ1v) is 7.99. The number of carbonyl (C=O) groups is 1. The summed E-state index contributed by atoms with van der Waals surface area (Å²) < 4.78 is 10.6. The van der Waals surface area contributed by atoms with Gasteiger partial charge in [0.1, 0.15) is 11.4 Å². The van der Waals surface area contributed by atoms with Crippen LogP contribution in [0.3, 0.4) is 0 Å². The van der Waals surface area contributed by atoms with E-state index in [0.29, 0.717) is 11.5 Å². The molecule has 0 atom stereocenters. The maximum Gasteiger partial charge on any atom is 0.208 e. The standard InChI is InChI=1S/C14H12N2O2S2/c1-2-13-15-14(20-16-13)19-8-10(17)12-7-9-5-3-4-6-11(9)18-12/h3-7H,2,8H2,1H3. The van der Waals surface area contributed by atoms with E-state index in [-0.39, 0.29) is 5.78 Å². The van der Waals surface area contributed by atoms with E-state index in [1.54, 1.807) is 6.07 Å². The molecule has 0 unspecified atom stereocenters. The molecule has 0 aliphatic carbocycles. The Hall–Kier alpha value is -1.66. The number of benzene rings is 1. The number of aryl methyl sites for hydroxylation is 1. The van der Waals surface area contributed by atoms with Crippen molar-refractivity contribution >= 4 is 40.0 Å². The van der Waals surface area contributed by atoms with Crippen LogP contribution in [0.4, 0.5) is 0 Å². The highest BCUT2D eigenvalue weighted by atomic mass is 32.2. The topological polar surface area (TPSA) is 56.0 Å². The monoisotopic (exact) mass is 304 g/mol. The molecule has 0 fully saturated rings. The Kier molecular flexibility index (Phi) is 3.84. The van der Waals surface area contributed by atoms with Crippen molar-refractivity contribution in [3.63, 3.8) is 0 Å². The van der Waals surface area contributed by atoms with E-state index in [4.69, 9.17) is 4.42 Å². The van der Waals surface area contributed by atoms with Crippen molar-refractivity contribution < 1.29 is 9.21 Å². The van der Waals surface area contributed by atoms with Gasteiger partial charge in [-0.25, -0.2) is 4.98 Å². The molecule has 6 heteroatoms. The zero-order chi connectivity index (χ0) is 13.9. The number of hydrogen-bond donors (Lipinski definition) is 0. The van der Waals surface area contributed by atoms with Crippen LogP contribution >= 0.6 is 23.3 Å². The second-order valence-corrected chi connectivity index (χ2v) is 6.16. The van der Waals surface area contributed by atoms with Crippen LogP contribution in [0.5, 0.6) is 0 Å². The minimum absolute atomic E-state index is 0.0283. The Morgan fingerprint density at radius 3 is 3.00 bits per heavy atom. The van der Waals surface area contributed by atoms with Crippen molar-refractivity contribution in [3.8, 4) is 0 Å². The number of thioether (sulfide) groups is 1. The van der Waals surface area contributed by atoms with Crippen LogP contribution in [0.1, 0.15) is 23.3 Å². The molecule has 1 aromatic carbocycles. The molecule has 102 valence electrons. The van der Waals surface area contributed by atoms with Crippen LogP contribution in [0.25, 0.3) is 11.0 Å². The van der Waals surface area contributed by atoms with E-state index in [2.05, 4.69) is 9.36 Å². The van der Waals surface area contributed by atoms with Crippen LogP contribution in [0.15, 0.2) is 39.1 Å². The lowest BCUT2D eigenvalue weighted by Crippen LogP contribution is -2.00. The number of carbonyl (C=O) groups excluding carboxylic acids is 1. The summed E-state index contributed by atoms with van der Waals surface area (Å²) in [6.45, 7) is 2.01. The predicted molar refractivity (Wildman–Crippen MR) is 80.6 cm³/mol. The van der Waals surface area contributed by atoms with E-state index < -0.39 is 0 Å². The predicted octanol–water partition coefficient (Wildman–Crippen LogP) is 3.82. The van der Waals surface area contributed by atoms with Crippen molar-refractivity contribution in [2.75, 3.05) is 5.75 Å². The van der Waals surface area contributed by atoms with Crippen molar-refractivity contribution in [2.24, 2.45) is 0 Å². The molecule has 0 bridgehead atoms. The quantitative estimate of drug-likeness (QED) is 0.530. The normalized spacial score (nSPS) is 11.1. The lowest BCUT2D eigenvalue weighted by atomic mass is 10.2. The van der Waals surface area contributed by atoms with E-state index in [0.717, 1.165) is 27.6 Å². The average molecular weight is 304 g/mol. The molecule has 0 radical (unpaired) electrons. The molecular weight excluding hydrogens is 292 g/mol. The van der Waals surface area contributed by atoms with Crippen LogP contribution < -0.4 is 0 Å². The second kappa shape index (κ2) is 5.76. The van der Waals surface area contributed by atoms with Gasteiger partial charge < -0.3 is 4.42 Å². The van der Waals surface area contributed by atoms with E-state index in [1.807, 2.05) is 31.2 Å². The number of Topliss-reactive ketones (excluding diaryl/α,β-unsaturated/α-hetero) is 1. The summed E-state index contributed by atoms with van der Waals surface area (Å²) >= 11 is 2.74. The van der Waals surface area contributed by atoms with E-state index >= 15 is 0 Å². The van der Waals surface area contributed by atoms with Gasteiger partial charge in [0.15, 0.2) is 10.1 Å². The van der Waals surface area contributed by atoms with Crippen LogP contribution in [-0.2, 0) is 6.42 Å². The Bertz CT molecular complexity index is 715. The first-order valence-electron chi connectivity index (χ1n) is 6.23. The average Bonchev–Trinajstić information content (AvgIpc) is 3.10. The van der Waals surface area contributed by atoms with Crippen molar-refractivity contribution in [1.82, 2.24) is 9.36 Å². The van der Waals surface area contributed by atoms with E-state index in [1.165, 1.54) is 23.3 Å². The zero-order valence-electron chi connectivity index (χ0n) is 10.8. The third-order valence-corrected chi connectivity index (χ3v) is 4.66. The number of hydrogen-bond acceptors (Lipinski definition) is 6. The molecule has 3 rings (SSSR count). The van der Waals surface area contributed by atoms with Gasteiger partial charge in [0.05, 0.1) is 5.75 Å². The summed E-state index contributed by atoms with van der Waals surface area (Å²) in [5.41, 5.74) is 0.741. The molecule has 2 aromatic heterocycles. The Morgan fingerprint density at radius 2 is 2.25 bits per heavy atom. The Labute approximate surface area is 124 Å². The number of nitrogens with zero attached hydrogens (tertiary/aromatic N) is 2. The van der Waals surface area contributed by atoms with Gasteiger partial charge in [0, 0.05) is 11.8 Å². The SMILES string of the molecule is CCc1nsc(SCC(=O)c2cc3ccccc3o2)n1. The van der Waals surface area contributed by atoms with Crippen LogP contribution in [0.2, 0.25) is 0 Å². The fourth-order valence-corrected chi connectivity index (χ4v) is 3.32. The van der Waals surface area contributed by atoms with Gasteiger partial charge in [-0.1, -0.05) is 36.9 Å².